The van der Waals surface area contributed by atoms with Crippen LogP contribution in [0.2, 0.25) is 0 Å². The molecule has 0 radical (unpaired) electrons. The van der Waals surface area contributed by atoms with Gasteiger partial charge in [-0.15, -0.1) is 15.8 Å². The topological polar surface area (TPSA) is 34.1 Å². The minimum Gasteiger partial charge on any atom is -0.445 e. The smallest absolute Gasteiger partial charge is 0.445 e. The summed E-state index contributed by atoms with van der Waals surface area (Å²) in [5, 5.41) is 0. The summed E-state index contributed by atoms with van der Waals surface area (Å²) < 4.78 is 71.8. The van der Waals surface area contributed by atoms with Crippen molar-refractivity contribution in [2.45, 2.75) is 12.7 Å². The summed E-state index contributed by atoms with van der Waals surface area (Å²) in [6, 6.07) is 1.82. The predicted molar refractivity (Wildman–Crippen MR) is 61.6 cm³/mol. The third-order valence-electron chi connectivity index (χ3n) is 2.40. The summed E-state index contributed by atoms with van der Waals surface area (Å²) in [6.45, 7) is -4.25. The van der Waals surface area contributed by atoms with Crippen LogP contribution < -0.4 is 56.8 Å². The zero-order valence-corrected chi connectivity index (χ0v) is 14.2. The van der Waals surface area contributed by atoms with Gasteiger partial charge in [-0.25, -0.2) is 0 Å². The number of benzene rings is 1. The van der Waals surface area contributed by atoms with E-state index in [9.17, 15) is 25.3 Å². The van der Waals surface area contributed by atoms with Crippen LogP contribution >= 0.6 is 0 Å². The average molecular weight is 318 g/mol. The number of hydrogen-bond acceptors (Lipinski definition) is 2. The Balaban J connectivity index is 0.00000324. The van der Waals surface area contributed by atoms with Crippen LogP contribution in [-0.4, -0.2) is 15.4 Å². The van der Waals surface area contributed by atoms with Gasteiger partial charge in [0.2, 0.25) is 0 Å². The molecule has 1 rings (SSSR count). The second-order valence-corrected chi connectivity index (χ2v) is 5.12. The molecule has 0 aromatic heterocycles. The fraction of sp³-hybridized carbons (Fsp3) is 0.200. The standard InChI is InChI=1S/C10H8BF4O2S.K/c1-3-8-4-9(6-18(15,16)17)7(2)10(5-8)11(12,13)14;/h1,4-5H,6H2,2H3;/q-1;+1. The molecule has 0 amide bonds. The Kier molecular flexibility index (Phi) is 6.79. The molecule has 0 saturated heterocycles. The molecule has 1 aromatic carbocycles. The zero-order valence-electron chi connectivity index (χ0n) is 10.3. The van der Waals surface area contributed by atoms with Gasteiger partial charge in [-0.05, 0) is 18.6 Å². The van der Waals surface area contributed by atoms with E-state index in [1.807, 2.05) is 5.92 Å². The van der Waals surface area contributed by atoms with Crippen LogP contribution in [0, 0.1) is 19.3 Å². The van der Waals surface area contributed by atoms with Gasteiger partial charge in [0.15, 0.2) is 0 Å². The number of hydrogen-bond donors (Lipinski definition) is 0. The van der Waals surface area contributed by atoms with Crippen LogP contribution in [0.15, 0.2) is 12.1 Å². The molecule has 0 bridgehead atoms. The van der Waals surface area contributed by atoms with E-state index in [0.717, 1.165) is 19.1 Å². The number of rotatable bonds is 3. The predicted octanol–water partition coefficient (Wildman–Crippen LogP) is -1.17. The first-order chi connectivity index (χ1) is 8.04. The molecule has 98 valence electrons. The minimum absolute atomic E-state index is 0. The molecule has 0 aliphatic heterocycles. The molecule has 2 nitrogen and oxygen atoms in total. The first-order valence-corrected chi connectivity index (χ1v) is 6.32. The van der Waals surface area contributed by atoms with Gasteiger partial charge >= 0.3 is 68.6 Å². The van der Waals surface area contributed by atoms with E-state index in [1.165, 1.54) is 0 Å². The molecule has 0 heterocycles. The van der Waals surface area contributed by atoms with Crippen molar-refractivity contribution in [3.05, 3.63) is 28.8 Å². The Labute approximate surface area is 151 Å². The van der Waals surface area contributed by atoms with Crippen molar-refractivity contribution >= 4 is 22.7 Å². The molecule has 0 saturated carbocycles. The maximum atomic E-state index is 12.7. The quantitative estimate of drug-likeness (QED) is 0.305. The van der Waals surface area contributed by atoms with Crippen LogP contribution in [0.5, 0.6) is 0 Å². The van der Waals surface area contributed by atoms with Crippen LogP contribution in [0.1, 0.15) is 16.7 Å². The van der Waals surface area contributed by atoms with Gasteiger partial charge in [0.1, 0.15) is 5.75 Å². The van der Waals surface area contributed by atoms with Gasteiger partial charge < -0.3 is 12.9 Å². The number of terminal acetylenes is 1. The molecule has 19 heavy (non-hydrogen) atoms. The Hall–Kier alpha value is 0.151. The SMILES string of the molecule is C#Cc1cc(CS(=O)(=O)F)c(C)c([B-](F)(F)F)c1.[K+]. The number of halogens is 4. The molecule has 0 atom stereocenters. The van der Waals surface area contributed by atoms with Crippen LogP contribution in [0.25, 0.3) is 0 Å². The summed E-state index contributed by atoms with van der Waals surface area (Å²) in [5.74, 6) is 0.868. The Morgan fingerprint density at radius 1 is 1.32 bits per heavy atom. The molecule has 0 N–H and O–H groups in total. The van der Waals surface area contributed by atoms with E-state index in [-0.39, 0.29) is 68.1 Å². The van der Waals surface area contributed by atoms with Crippen molar-refractivity contribution in [2.24, 2.45) is 0 Å². The van der Waals surface area contributed by atoms with E-state index in [0.29, 0.717) is 0 Å². The van der Waals surface area contributed by atoms with Crippen LogP contribution in [-0.2, 0) is 16.0 Å². The summed E-state index contributed by atoms with van der Waals surface area (Å²) in [4.78, 5) is 0. The second kappa shape index (κ2) is 6.74. The van der Waals surface area contributed by atoms with E-state index in [4.69, 9.17) is 6.42 Å². The van der Waals surface area contributed by atoms with E-state index < -0.39 is 28.4 Å². The molecule has 0 fully saturated rings. The minimum atomic E-state index is -5.34. The van der Waals surface area contributed by atoms with Crippen molar-refractivity contribution in [1.82, 2.24) is 0 Å². The Morgan fingerprint density at radius 3 is 2.21 bits per heavy atom. The third kappa shape index (κ3) is 5.57. The van der Waals surface area contributed by atoms with Crippen molar-refractivity contribution in [2.75, 3.05) is 0 Å². The molecule has 0 spiro atoms. The van der Waals surface area contributed by atoms with Gasteiger partial charge in [-0.3, -0.25) is 0 Å². The normalized spacial score (nSPS) is 11.6. The Morgan fingerprint density at radius 2 is 1.84 bits per heavy atom. The van der Waals surface area contributed by atoms with Crippen molar-refractivity contribution < 1.29 is 76.6 Å². The van der Waals surface area contributed by atoms with Crippen molar-refractivity contribution in [3.8, 4) is 12.3 Å². The molecular weight excluding hydrogens is 310 g/mol. The fourth-order valence-electron chi connectivity index (χ4n) is 1.56. The van der Waals surface area contributed by atoms with Gasteiger partial charge in [-0.1, -0.05) is 17.6 Å². The van der Waals surface area contributed by atoms with Crippen LogP contribution in [0.4, 0.5) is 16.8 Å². The van der Waals surface area contributed by atoms with Gasteiger partial charge in [0.25, 0.3) is 0 Å². The first-order valence-electron chi connectivity index (χ1n) is 4.77. The zero-order chi connectivity index (χ0) is 14.1. The molecular formula is C10H8BF4KO2S. The van der Waals surface area contributed by atoms with Crippen LogP contribution in [0.3, 0.4) is 0 Å². The van der Waals surface area contributed by atoms with Gasteiger partial charge in [0.05, 0.1) is 0 Å². The molecule has 0 unspecified atom stereocenters. The van der Waals surface area contributed by atoms with Gasteiger partial charge in [-0.2, -0.15) is 8.42 Å². The maximum absolute atomic E-state index is 12.7. The second-order valence-electron chi connectivity index (χ2n) is 3.75. The molecule has 1 aromatic rings. The molecule has 9 heteroatoms. The molecule has 0 aliphatic rings. The summed E-state index contributed by atoms with van der Waals surface area (Å²) in [6.07, 6.45) is 4.99. The summed E-state index contributed by atoms with van der Waals surface area (Å²) in [5.41, 5.74) is -1.72. The fourth-order valence-corrected chi connectivity index (χ4v) is 2.23. The average Bonchev–Trinajstić information content (AvgIpc) is 2.17. The largest absolute Gasteiger partial charge is 1.00 e. The summed E-state index contributed by atoms with van der Waals surface area (Å²) in [7, 11) is -4.92. The first kappa shape index (κ1) is 19.2. The van der Waals surface area contributed by atoms with E-state index in [2.05, 4.69) is 0 Å². The van der Waals surface area contributed by atoms with Crippen molar-refractivity contribution in [3.63, 3.8) is 0 Å². The Bertz CT molecular complexity index is 620. The third-order valence-corrected chi connectivity index (χ3v) is 3.06. The van der Waals surface area contributed by atoms with Crippen molar-refractivity contribution in [1.29, 1.82) is 0 Å². The summed E-state index contributed by atoms with van der Waals surface area (Å²) >= 11 is 0. The monoisotopic (exact) mass is 318 g/mol. The van der Waals surface area contributed by atoms with Gasteiger partial charge in [0, 0.05) is 5.56 Å². The maximum Gasteiger partial charge on any atom is 1.00 e. The molecule has 0 aliphatic carbocycles. The van der Waals surface area contributed by atoms with E-state index >= 15 is 0 Å². The van der Waals surface area contributed by atoms with E-state index in [1.54, 1.807) is 0 Å².